The van der Waals surface area contributed by atoms with E-state index in [0.29, 0.717) is 11.8 Å². The highest BCUT2D eigenvalue weighted by atomic mass is 35.5. The van der Waals surface area contributed by atoms with Gasteiger partial charge < -0.3 is 4.57 Å². The molecule has 0 aliphatic heterocycles. The number of aromatic nitrogens is 1. The Balaban J connectivity index is 3.08. The zero-order valence-electron chi connectivity index (χ0n) is 10.1. The molecule has 15 heavy (non-hydrogen) atoms. The van der Waals surface area contributed by atoms with Crippen molar-refractivity contribution in [2.75, 3.05) is 5.88 Å². The lowest BCUT2D eigenvalue weighted by atomic mass is 10.1. The second-order valence-electron chi connectivity index (χ2n) is 4.53. The van der Waals surface area contributed by atoms with Gasteiger partial charge in [-0.15, -0.1) is 11.6 Å². The van der Waals surface area contributed by atoms with E-state index in [1.54, 1.807) is 0 Å². The van der Waals surface area contributed by atoms with Crippen molar-refractivity contribution in [3.8, 4) is 0 Å². The van der Waals surface area contributed by atoms with E-state index in [1.807, 2.05) is 0 Å². The van der Waals surface area contributed by atoms with Gasteiger partial charge in [-0.25, -0.2) is 0 Å². The molecule has 2 heteroatoms. The van der Waals surface area contributed by atoms with Gasteiger partial charge in [-0.2, -0.15) is 0 Å². The minimum Gasteiger partial charge on any atom is -0.348 e. The summed E-state index contributed by atoms with van der Waals surface area (Å²) in [4.78, 5) is 0. The van der Waals surface area contributed by atoms with Crippen LogP contribution in [0, 0.1) is 19.8 Å². The molecule has 1 rings (SSSR count). The fourth-order valence-electron chi connectivity index (χ4n) is 1.88. The monoisotopic (exact) mass is 225 g/mol. The van der Waals surface area contributed by atoms with Crippen molar-refractivity contribution < 1.29 is 0 Å². The molecule has 84 valence electrons. The predicted octanol–water partition coefficient (Wildman–Crippen LogP) is 4.01. The van der Waals surface area contributed by atoms with E-state index in [2.05, 4.69) is 44.9 Å². The molecule has 1 aromatic rings. The highest BCUT2D eigenvalue weighted by Crippen LogP contribution is 2.23. The van der Waals surface area contributed by atoms with E-state index in [1.165, 1.54) is 17.0 Å². The van der Waals surface area contributed by atoms with Crippen molar-refractivity contribution in [3.63, 3.8) is 0 Å². The van der Waals surface area contributed by atoms with E-state index >= 15 is 0 Å². The molecule has 0 fully saturated rings. The van der Waals surface area contributed by atoms with Crippen LogP contribution in [0.1, 0.15) is 30.8 Å². The fourth-order valence-corrected chi connectivity index (χ4v) is 2.02. The number of allylic oxidation sites excluding steroid dienone is 1. The Morgan fingerprint density at radius 1 is 1.47 bits per heavy atom. The van der Waals surface area contributed by atoms with E-state index in [0.717, 1.165) is 12.1 Å². The number of nitrogens with zero attached hydrogens (tertiary/aromatic N) is 1. The van der Waals surface area contributed by atoms with Gasteiger partial charge in [-0.05, 0) is 37.0 Å². The summed E-state index contributed by atoms with van der Waals surface area (Å²) in [5.74, 6) is 1.17. The summed E-state index contributed by atoms with van der Waals surface area (Å²) in [5, 5.41) is 0. The number of halogens is 1. The van der Waals surface area contributed by atoms with Crippen LogP contribution in [0.25, 0.3) is 5.57 Å². The molecule has 0 atom stereocenters. The third-order valence-electron chi connectivity index (χ3n) is 2.66. The Morgan fingerprint density at radius 2 is 2.07 bits per heavy atom. The van der Waals surface area contributed by atoms with Crippen LogP contribution in [0.5, 0.6) is 0 Å². The Hall–Kier alpha value is -0.690. The smallest absolute Gasteiger partial charge is 0.0474 e. The maximum Gasteiger partial charge on any atom is 0.0474 e. The molecule has 0 aliphatic carbocycles. The zero-order valence-corrected chi connectivity index (χ0v) is 10.9. The molecule has 1 nitrogen and oxygen atoms in total. The zero-order chi connectivity index (χ0) is 11.6. The standard InChI is InChI=1S/C13H20ClN/c1-9(2)8-15-11(4)6-13(12(15)5)10(3)7-14/h6,9H,3,7-8H2,1-2,4-5H3. The maximum absolute atomic E-state index is 5.82. The lowest BCUT2D eigenvalue weighted by molar-refractivity contribution is 0.509. The molecule has 0 spiro atoms. The molecule has 0 N–H and O–H groups in total. The Bertz CT molecular complexity index is 361. The third-order valence-corrected chi connectivity index (χ3v) is 2.99. The minimum absolute atomic E-state index is 0.506. The molecule has 0 saturated carbocycles. The number of aryl methyl sites for hydroxylation is 1. The predicted molar refractivity (Wildman–Crippen MR) is 68.5 cm³/mol. The second-order valence-corrected chi connectivity index (χ2v) is 4.79. The van der Waals surface area contributed by atoms with Crippen LogP contribution in [0.15, 0.2) is 12.6 Å². The average molecular weight is 226 g/mol. The topological polar surface area (TPSA) is 4.93 Å². The van der Waals surface area contributed by atoms with Crippen molar-refractivity contribution in [1.82, 2.24) is 4.57 Å². The normalized spacial score (nSPS) is 11.1. The molecule has 0 aliphatic rings. The Kier molecular flexibility index (Phi) is 4.04. The minimum atomic E-state index is 0.506. The Morgan fingerprint density at radius 3 is 2.53 bits per heavy atom. The average Bonchev–Trinajstić information content (AvgIpc) is 2.44. The van der Waals surface area contributed by atoms with Gasteiger partial charge in [0.25, 0.3) is 0 Å². The van der Waals surface area contributed by atoms with Gasteiger partial charge in [0, 0.05) is 23.8 Å². The van der Waals surface area contributed by atoms with Gasteiger partial charge in [0.15, 0.2) is 0 Å². The number of rotatable bonds is 4. The largest absolute Gasteiger partial charge is 0.348 e. The summed E-state index contributed by atoms with van der Waals surface area (Å²) in [6.07, 6.45) is 0. The SMILES string of the molecule is C=C(CCl)c1cc(C)n(CC(C)C)c1C. The van der Waals surface area contributed by atoms with Crippen LogP contribution < -0.4 is 0 Å². The quantitative estimate of drug-likeness (QED) is 0.683. The molecule has 0 amide bonds. The number of alkyl halides is 1. The van der Waals surface area contributed by atoms with Crippen molar-refractivity contribution in [3.05, 3.63) is 29.6 Å². The maximum atomic E-state index is 5.82. The molecule has 0 bridgehead atoms. The molecule has 0 unspecified atom stereocenters. The first-order valence-electron chi connectivity index (χ1n) is 5.38. The molecular formula is C13H20ClN. The third kappa shape index (κ3) is 2.66. The molecule has 1 heterocycles. The van der Waals surface area contributed by atoms with Gasteiger partial charge in [0.2, 0.25) is 0 Å². The van der Waals surface area contributed by atoms with Crippen LogP contribution in [0.2, 0.25) is 0 Å². The summed E-state index contributed by atoms with van der Waals surface area (Å²) in [5.41, 5.74) is 4.80. The van der Waals surface area contributed by atoms with Gasteiger partial charge in [-0.3, -0.25) is 0 Å². The first-order chi connectivity index (χ1) is 6.97. The van der Waals surface area contributed by atoms with Gasteiger partial charge in [0.05, 0.1) is 0 Å². The van der Waals surface area contributed by atoms with Crippen LogP contribution >= 0.6 is 11.6 Å². The van der Waals surface area contributed by atoms with E-state index < -0.39 is 0 Å². The fraction of sp³-hybridized carbons (Fsp3) is 0.538. The molecule has 1 aromatic heterocycles. The van der Waals surface area contributed by atoms with E-state index in [-0.39, 0.29) is 0 Å². The molecule has 0 radical (unpaired) electrons. The second kappa shape index (κ2) is 4.89. The lowest BCUT2D eigenvalue weighted by Crippen LogP contribution is -2.07. The molecular weight excluding hydrogens is 206 g/mol. The van der Waals surface area contributed by atoms with Gasteiger partial charge in [-0.1, -0.05) is 20.4 Å². The number of hydrogen-bond donors (Lipinski definition) is 0. The highest BCUT2D eigenvalue weighted by Gasteiger charge is 2.11. The van der Waals surface area contributed by atoms with Crippen molar-refractivity contribution in [1.29, 1.82) is 0 Å². The van der Waals surface area contributed by atoms with Crippen molar-refractivity contribution >= 4 is 17.2 Å². The summed E-state index contributed by atoms with van der Waals surface area (Å²) in [7, 11) is 0. The lowest BCUT2D eigenvalue weighted by Gasteiger charge is -2.12. The van der Waals surface area contributed by atoms with Crippen molar-refractivity contribution in [2.24, 2.45) is 5.92 Å². The van der Waals surface area contributed by atoms with Gasteiger partial charge >= 0.3 is 0 Å². The van der Waals surface area contributed by atoms with Crippen molar-refractivity contribution in [2.45, 2.75) is 34.2 Å². The molecule has 0 saturated heterocycles. The first kappa shape index (κ1) is 12.4. The molecule has 0 aromatic carbocycles. The highest BCUT2D eigenvalue weighted by molar-refractivity contribution is 6.23. The van der Waals surface area contributed by atoms with Crippen LogP contribution in [-0.4, -0.2) is 10.4 Å². The van der Waals surface area contributed by atoms with Crippen LogP contribution in [-0.2, 0) is 6.54 Å². The summed E-state index contributed by atoms with van der Waals surface area (Å²) >= 11 is 5.82. The Labute approximate surface area is 97.7 Å². The van der Waals surface area contributed by atoms with Crippen LogP contribution in [0.4, 0.5) is 0 Å². The van der Waals surface area contributed by atoms with E-state index in [9.17, 15) is 0 Å². The van der Waals surface area contributed by atoms with Gasteiger partial charge in [0.1, 0.15) is 0 Å². The number of hydrogen-bond acceptors (Lipinski definition) is 0. The summed E-state index contributed by atoms with van der Waals surface area (Å²) in [6, 6.07) is 2.18. The summed E-state index contributed by atoms with van der Waals surface area (Å²) < 4.78 is 2.34. The van der Waals surface area contributed by atoms with Crippen LogP contribution in [0.3, 0.4) is 0 Å². The first-order valence-corrected chi connectivity index (χ1v) is 5.91. The van der Waals surface area contributed by atoms with E-state index in [4.69, 9.17) is 11.6 Å². The summed E-state index contributed by atoms with van der Waals surface area (Å²) in [6.45, 7) is 13.8.